The lowest BCUT2D eigenvalue weighted by Gasteiger charge is -2.31. The SMILES string of the molecule is Nc1cc(F)c(N2CCCCCC2CO)cc1C(=O)O. The van der Waals surface area contributed by atoms with E-state index in [1.54, 1.807) is 4.90 Å². The van der Waals surface area contributed by atoms with Crippen LogP contribution in [0.5, 0.6) is 0 Å². The molecule has 0 bridgehead atoms. The lowest BCUT2D eigenvalue weighted by molar-refractivity contribution is 0.0698. The number of nitrogens with two attached hydrogens (primary N) is 1. The summed E-state index contributed by atoms with van der Waals surface area (Å²) < 4.78 is 14.1. The van der Waals surface area contributed by atoms with E-state index >= 15 is 0 Å². The topological polar surface area (TPSA) is 86.8 Å². The second-order valence-electron chi connectivity index (χ2n) is 5.08. The molecule has 0 amide bonds. The van der Waals surface area contributed by atoms with Gasteiger partial charge in [-0.15, -0.1) is 0 Å². The van der Waals surface area contributed by atoms with Crippen LogP contribution in [0.25, 0.3) is 0 Å². The summed E-state index contributed by atoms with van der Waals surface area (Å²) in [6.45, 7) is 0.525. The first-order valence-corrected chi connectivity index (χ1v) is 6.74. The number of anilines is 2. The van der Waals surface area contributed by atoms with Gasteiger partial charge in [0.1, 0.15) is 5.82 Å². The van der Waals surface area contributed by atoms with E-state index in [4.69, 9.17) is 10.8 Å². The van der Waals surface area contributed by atoms with Gasteiger partial charge < -0.3 is 20.8 Å². The fourth-order valence-corrected chi connectivity index (χ4v) is 2.67. The molecule has 0 radical (unpaired) electrons. The fourth-order valence-electron chi connectivity index (χ4n) is 2.67. The number of carboxylic acids is 1. The van der Waals surface area contributed by atoms with Crippen molar-refractivity contribution in [1.29, 1.82) is 0 Å². The van der Waals surface area contributed by atoms with E-state index in [2.05, 4.69) is 0 Å². The highest BCUT2D eigenvalue weighted by molar-refractivity contribution is 5.95. The van der Waals surface area contributed by atoms with Gasteiger partial charge in [0.25, 0.3) is 0 Å². The van der Waals surface area contributed by atoms with Crippen molar-refractivity contribution in [3.63, 3.8) is 0 Å². The van der Waals surface area contributed by atoms with Crippen molar-refractivity contribution in [2.75, 3.05) is 23.8 Å². The van der Waals surface area contributed by atoms with Crippen molar-refractivity contribution >= 4 is 17.3 Å². The van der Waals surface area contributed by atoms with Crippen molar-refractivity contribution in [2.24, 2.45) is 0 Å². The Morgan fingerprint density at radius 3 is 2.80 bits per heavy atom. The summed E-state index contributed by atoms with van der Waals surface area (Å²) >= 11 is 0. The molecule has 110 valence electrons. The molecule has 0 aromatic heterocycles. The van der Waals surface area contributed by atoms with Gasteiger partial charge in [-0.2, -0.15) is 0 Å². The molecule has 1 fully saturated rings. The number of halogens is 1. The summed E-state index contributed by atoms with van der Waals surface area (Å²) in [6.07, 6.45) is 3.66. The minimum atomic E-state index is -1.18. The zero-order valence-corrected chi connectivity index (χ0v) is 11.2. The minimum Gasteiger partial charge on any atom is -0.478 e. The summed E-state index contributed by atoms with van der Waals surface area (Å²) in [5, 5.41) is 18.6. The second kappa shape index (κ2) is 6.09. The van der Waals surface area contributed by atoms with Crippen molar-refractivity contribution in [3.8, 4) is 0 Å². The maximum absolute atomic E-state index is 14.1. The van der Waals surface area contributed by atoms with Crippen LogP contribution in [0.2, 0.25) is 0 Å². The fraction of sp³-hybridized carbons (Fsp3) is 0.500. The number of carboxylic acid groups (broad SMARTS) is 1. The van der Waals surface area contributed by atoms with E-state index in [0.717, 1.165) is 31.7 Å². The third kappa shape index (κ3) is 2.85. The Morgan fingerprint density at radius 1 is 1.40 bits per heavy atom. The molecule has 4 N–H and O–H groups in total. The molecule has 1 saturated heterocycles. The first-order valence-electron chi connectivity index (χ1n) is 6.74. The largest absolute Gasteiger partial charge is 0.478 e. The molecule has 1 heterocycles. The van der Waals surface area contributed by atoms with Crippen LogP contribution < -0.4 is 10.6 Å². The van der Waals surface area contributed by atoms with Gasteiger partial charge in [0.15, 0.2) is 0 Å². The van der Waals surface area contributed by atoms with E-state index in [0.29, 0.717) is 6.54 Å². The van der Waals surface area contributed by atoms with Crippen LogP contribution in [0.3, 0.4) is 0 Å². The minimum absolute atomic E-state index is 0.0772. The van der Waals surface area contributed by atoms with Crippen LogP contribution in [0.1, 0.15) is 36.0 Å². The van der Waals surface area contributed by atoms with Gasteiger partial charge in [-0.1, -0.05) is 12.8 Å². The maximum atomic E-state index is 14.1. The van der Waals surface area contributed by atoms with Crippen molar-refractivity contribution in [3.05, 3.63) is 23.5 Å². The Hall–Kier alpha value is -1.82. The molecule has 1 atom stereocenters. The summed E-state index contributed by atoms with van der Waals surface area (Å²) in [5.41, 5.74) is 5.54. The highest BCUT2D eigenvalue weighted by Crippen LogP contribution is 2.30. The molecule has 1 aromatic rings. The summed E-state index contributed by atoms with van der Waals surface area (Å²) in [4.78, 5) is 12.9. The Kier molecular flexibility index (Phi) is 4.44. The molecular weight excluding hydrogens is 263 g/mol. The number of aliphatic hydroxyl groups is 1. The normalized spacial score (nSPS) is 19.7. The third-order valence-electron chi connectivity index (χ3n) is 3.75. The van der Waals surface area contributed by atoms with Gasteiger partial charge >= 0.3 is 5.97 Å². The quantitative estimate of drug-likeness (QED) is 0.736. The number of nitrogens with zero attached hydrogens (tertiary/aromatic N) is 1. The van der Waals surface area contributed by atoms with E-state index in [1.165, 1.54) is 6.07 Å². The van der Waals surface area contributed by atoms with Crippen LogP contribution in [0.15, 0.2) is 12.1 Å². The van der Waals surface area contributed by atoms with Crippen LogP contribution in [0, 0.1) is 5.82 Å². The molecule has 0 aliphatic carbocycles. The van der Waals surface area contributed by atoms with Crippen molar-refractivity contribution < 1.29 is 19.4 Å². The molecule has 1 unspecified atom stereocenters. The number of nitrogen functional groups attached to an aromatic ring is 1. The van der Waals surface area contributed by atoms with Crippen LogP contribution in [0.4, 0.5) is 15.8 Å². The lowest BCUT2D eigenvalue weighted by atomic mass is 10.1. The second-order valence-corrected chi connectivity index (χ2v) is 5.08. The molecule has 1 aliphatic heterocycles. The molecule has 2 rings (SSSR count). The number of hydrogen-bond donors (Lipinski definition) is 3. The van der Waals surface area contributed by atoms with Gasteiger partial charge in [-0.3, -0.25) is 0 Å². The average Bonchev–Trinajstić information content (AvgIpc) is 2.63. The molecule has 0 spiro atoms. The molecule has 20 heavy (non-hydrogen) atoms. The number of rotatable bonds is 3. The number of benzene rings is 1. The first kappa shape index (κ1) is 14.6. The summed E-state index contributed by atoms with van der Waals surface area (Å²) in [5.74, 6) is -1.73. The molecular formula is C14H19FN2O3. The van der Waals surface area contributed by atoms with Gasteiger partial charge in [-0.25, -0.2) is 9.18 Å². The summed E-state index contributed by atoms with van der Waals surface area (Å²) in [6, 6.07) is 2.12. The maximum Gasteiger partial charge on any atom is 0.337 e. The van der Waals surface area contributed by atoms with E-state index in [1.807, 2.05) is 0 Å². The van der Waals surface area contributed by atoms with Gasteiger partial charge in [0.05, 0.1) is 23.9 Å². The molecule has 5 nitrogen and oxygen atoms in total. The van der Waals surface area contributed by atoms with Crippen LogP contribution >= 0.6 is 0 Å². The Bertz CT molecular complexity index is 507. The highest BCUT2D eigenvalue weighted by Gasteiger charge is 2.24. The Labute approximate surface area is 116 Å². The number of hydrogen-bond acceptors (Lipinski definition) is 4. The van der Waals surface area contributed by atoms with Crippen LogP contribution in [-0.2, 0) is 0 Å². The van der Waals surface area contributed by atoms with Crippen LogP contribution in [-0.4, -0.2) is 35.4 Å². The number of carbonyl (C=O) groups is 1. The zero-order chi connectivity index (χ0) is 14.7. The molecule has 0 saturated carbocycles. The zero-order valence-electron chi connectivity index (χ0n) is 11.2. The van der Waals surface area contributed by atoms with Gasteiger partial charge in [0, 0.05) is 12.2 Å². The highest BCUT2D eigenvalue weighted by atomic mass is 19.1. The Balaban J connectivity index is 2.43. The standard InChI is InChI=1S/C14H19FN2O3/c15-11-7-12(16)10(14(19)20)6-13(11)17-5-3-1-2-4-9(17)8-18/h6-7,9,18H,1-5,8,16H2,(H,19,20). The van der Waals surface area contributed by atoms with E-state index in [-0.39, 0.29) is 29.6 Å². The third-order valence-corrected chi connectivity index (χ3v) is 3.75. The predicted molar refractivity (Wildman–Crippen MR) is 74.5 cm³/mol. The monoisotopic (exact) mass is 282 g/mol. The van der Waals surface area contributed by atoms with Crippen molar-refractivity contribution in [1.82, 2.24) is 0 Å². The molecule has 1 aromatic carbocycles. The van der Waals surface area contributed by atoms with E-state index in [9.17, 15) is 14.3 Å². The molecule has 1 aliphatic rings. The number of aliphatic hydroxyl groups excluding tert-OH is 1. The molecule has 6 heteroatoms. The lowest BCUT2D eigenvalue weighted by Crippen LogP contribution is -2.38. The number of aromatic carboxylic acids is 1. The average molecular weight is 282 g/mol. The first-order chi connectivity index (χ1) is 9.54. The predicted octanol–water partition coefficient (Wildman–Crippen LogP) is 1.85. The van der Waals surface area contributed by atoms with Crippen molar-refractivity contribution in [2.45, 2.75) is 31.7 Å². The Morgan fingerprint density at radius 2 is 2.15 bits per heavy atom. The van der Waals surface area contributed by atoms with Gasteiger partial charge in [0.2, 0.25) is 0 Å². The summed E-state index contributed by atoms with van der Waals surface area (Å²) in [7, 11) is 0. The van der Waals surface area contributed by atoms with Gasteiger partial charge in [-0.05, 0) is 25.0 Å². The van der Waals surface area contributed by atoms with E-state index < -0.39 is 11.8 Å². The smallest absolute Gasteiger partial charge is 0.337 e.